The minimum absolute atomic E-state index is 0.243. The van der Waals surface area contributed by atoms with Gasteiger partial charge in [-0.25, -0.2) is 9.97 Å². The molecule has 0 aliphatic carbocycles. The molecular weight excluding hydrogens is 496 g/mol. The molecule has 1 saturated heterocycles. The van der Waals surface area contributed by atoms with Gasteiger partial charge in [-0.2, -0.15) is 0 Å². The van der Waals surface area contributed by atoms with Crippen LogP contribution in [0.2, 0.25) is 0 Å². The highest BCUT2D eigenvalue weighted by atomic mass is 16.5. The lowest BCUT2D eigenvalue weighted by atomic mass is 10.1. The fourth-order valence-corrected chi connectivity index (χ4v) is 4.40. The van der Waals surface area contributed by atoms with Crippen LogP contribution in [0.1, 0.15) is 23.2 Å². The number of anilines is 4. The zero-order valence-electron chi connectivity index (χ0n) is 21.8. The van der Waals surface area contributed by atoms with E-state index < -0.39 is 0 Å². The zero-order chi connectivity index (χ0) is 27.0. The Labute approximate surface area is 226 Å². The number of ether oxygens (including phenoxy) is 3. The molecule has 0 radical (unpaired) electrons. The van der Waals surface area contributed by atoms with Gasteiger partial charge >= 0.3 is 0 Å². The van der Waals surface area contributed by atoms with Crippen molar-refractivity contribution in [2.75, 3.05) is 49.8 Å². The first-order chi connectivity index (χ1) is 19.1. The van der Waals surface area contributed by atoms with E-state index in [0.717, 1.165) is 49.2 Å². The van der Waals surface area contributed by atoms with Gasteiger partial charge in [0.05, 0.1) is 43.8 Å². The first-order valence-corrected chi connectivity index (χ1v) is 12.9. The van der Waals surface area contributed by atoms with E-state index in [1.807, 2.05) is 36.4 Å². The van der Waals surface area contributed by atoms with Gasteiger partial charge in [-0.15, -0.1) is 0 Å². The molecule has 1 unspecified atom stereocenters. The van der Waals surface area contributed by atoms with Crippen molar-refractivity contribution in [2.24, 2.45) is 0 Å². The van der Waals surface area contributed by atoms with E-state index >= 15 is 0 Å². The van der Waals surface area contributed by atoms with Crippen molar-refractivity contribution in [3.05, 3.63) is 72.6 Å². The number of nitrogens with one attached hydrogen (secondary N) is 3. The number of hydrogen-bond acceptors (Lipinski definition) is 9. The summed E-state index contributed by atoms with van der Waals surface area (Å²) in [6.45, 7) is 2.94. The van der Waals surface area contributed by atoms with Crippen LogP contribution in [0.25, 0.3) is 10.9 Å². The molecule has 1 atom stereocenters. The number of para-hydroxylation sites is 2. The van der Waals surface area contributed by atoms with Crippen LogP contribution >= 0.6 is 0 Å². The smallest absolute Gasteiger partial charge is 0.255 e. The Balaban J connectivity index is 1.27. The van der Waals surface area contributed by atoms with E-state index in [-0.39, 0.29) is 5.91 Å². The number of nitrogen functional groups attached to an aromatic ring is 1. The first-order valence-electron chi connectivity index (χ1n) is 12.9. The summed E-state index contributed by atoms with van der Waals surface area (Å²) >= 11 is 0. The van der Waals surface area contributed by atoms with Gasteiger partial charge in [0.25, 0.3) is 5.91 Å². The molecule has 1 fully saturated rings. The molecule has 4 aromatic rings. The van der Waals surface area contributed by atoms with Gasteiger partial charge < -0.3 is 35.9 Å². The molecule has 5 N–H and O–H groups in total. The Morgan fingerprint density at radius 1 is 1.13 bits per heavy atom. The molecule has 1 amide bonds. The highest BCUT2D eigenvalue weighted by Gasteiger charge is 2.15. The Morgan fingerprint density at radius 2 is 1.97 bits per heavy atom. The molecule has 3 aromatic carbocycles. The van der Waals surface area contributed by atoms with Crippen molar-refractivity contribution in [3.8, 4) is 11.5 Å². The molecular formula is C29H32N6O4. The normalized spacial score (nSPS) is 15.1. The minimum Gasteiger partial charge on any atom is -0.493 e. The van der Waals surface area contributed by atoms with Gasteiger partial charge in [0, 0.05) is 35.3 Å². The number of methoxy groups -OCH3 is 1. The third kappa shape index (κ3) is 6.54. The number of carbonyl (C=O) groups is 1. The molecule has 0 saturated carbocycles. The predicted molar refractivity (Wildman–Crippen MR) is 152 cm³/mol. The summed E-state index contributed by atoms with van der Waals surface area (Å²) in [6, 6.07) is 18.4. The largest absolute Gasteiger partial charge is 0.493 e. The van der Waals surface area contributed by atoms with Crippen LogP contribution in [0.4, 0.5) is 22.9 Å². The summed E-state index contributed by atoms with van der Waals surface area (Å²) in [7, 11) is 1.61. The number of benzene rings is 3. The average Bonchev–Trinajstić information content (AvgIpc) is 2.97. The third-order valence-electron chi connectivity index (χ3n) is 6.49. The summed E-state index contributed by atoms with van der Waals surface area (Å²) in [6.07, 6.45) is 3.35. The fourth-order valence-electron chi connectivity index (χ4n) is 4.40. The number of fused-ring (bicyclic) bond motifs is 1. The molecule has 0 bridgehead atoms. The lowest BCUT2D eigenvalue weighted by Gasteiger charge is -2.23. The van der Waals surface area contributed by atoms with Gasteiger partial charge in [0.2, 0.25) is 0 Å². The standard InChI is InChI=1S/C29H32N6O4/c1-37-26-16-25-22(15-27(26)39-13-4-5-21-17-38-14-12-31-21)28(33-18-32-25)34-20-10-8-19(9-11-20)29(36)35-24-7-3-2-6-23(24)30/h2-3,6-11,15-16,18,21,31H,4-5,12-14,17,30H2,1H3,(H,35,36)(H,32,33,34). The molecule has 39 heavy (non-hydrogen) atoms. The van der Waals surface area contributed by atoms with E-state index in [1.54, 1.807) is 31.4 Å². The fraction of sp³-hybridized carbons (Fsp3) is 0.276. The van der Waals surface area contributed by atoms with Crippen molar-refractivity contribution < 1.29 is 19.0 Å². The monoisotopic (exact) mass is 528 g/mol. The van der Waals surface area contributed by atoms with Crippen LogP contribution in [0.15, 0.2) is 67.0 Å². The average molecular weight is 529 g/mol. The molecule has 202 valence electrons. The summed E-state index contributed by atoms with van der Waals surface area (Å²) in [5, 5.41) is 10.4. The second-order valence-corrected chi connectivity index (χ2v) is 9.20. The van der Waals surface area contributed by atoms with Crippen LogP contribution in [0, 0.1) is 0 Å². The van der Waals surface area contributed by atoms with Crippen LogP contribution in [-0.4, -0.2) is 55.4 Å². The number of amides is 1. The molecule has 10 heteroatoms. The molecule has 2 heterocycles. The second kappa shape index (κ2) is 12.4. The number of morpholine rings is 1. The SMILES string of the molecule is COc1cc2ncnc(Nc3ccc(C(=O)Nc4ccccc4N)cc3)c2cc1OCCCC1COCCN1. The maximum absolute atomic E-state index is 12.7. The van der Waals surface area contributed by atoms with E-state index in [0.29, 0.717) is 46.9 Å². The molecule has 0 spiro atoms. The number of aromatic nitrogens is 2. The van der Waals surface area contributed by atoms with Crippen LogP contribution in [-0.2, 0) is 4.74 Å². The lowest BCUT2D eigenvalue weighted by Crippen LogP contribution is -2.41. The van der Waals surface area contributed by atoms with Crippen LogP contribution in [0.3, 0.4) is 0 Å². The zero-order valence-corrected chi connectivity index (χ0v) is 21.8. The Hall–Kier alpha value is -4.41. The number of rotatable bonds is 10. The number of hydrogen-bond donors (Lipinski definition) is 4. The highest BCUT2D eigenvalue weighted by molar-refractivity contribution is 6.06. The lowest BCUT2D eigenvalue weighted by molar-refractivity contribution is 0.0721. The predicted octanol–water partition coefficient (Wildman–Crippen LogP) is 4.36. The molecule has 1 aliphatic heterocycles. The second-order valence-electron chi connectivity index (χ2n) is 9.20. The summed E-state index contributed by atoms with van der Waals surface area (Å²) in [5.41, 5.74) is 9.01. The van der Waals surface area contributed by atoms with E-state index in [2.05, 4.69) is 25.9 Å². The van der Waals surface area contributed by atoms with Gasteiger partial charge in [-0.3, -0.25) is 4.79 Å². The Kier molecular flexibility index (Phi) is 8.35. The van der Waals surface area contributed by atoms with Gasteiger partial charge in [0.15, 0.2) is 11.5 Å². The van der Waals surface area contributed by atoms with Crippen molar-refractivity contribution in [1.82, 2.24) is 15.3 Å². The summed E-state index contributed by atoms with van der Waals surface area (Å²) in [4.78, 5) is 21.5. The molecule has 10 nitrogen and oxygen atoms in total. The van der Waals surface area contributed by atoms with Gasteiger partial charge in [-0.1, -0.05) is 12.1 Å². The van der Waals surface area contributed by atoms with E-state index in [4.69, 9.17) is 19.9 Å². The highest BCUT2D eigenvalue weighted by Crippen LogP contribution is 2.35. The summed E-state index contributed by atoms with van der Waals surface area (Å²) in [5.74, 6) is 1.61. The van der Waals surface area contributed by atoms with Crippen molar-refractivity contribution in [3.63, 3.8) is 0 Å². The number of nitrogens with zero attached hydrogens (tertiary/aromatic N) is 2. The van der Waals surface area contributed by atoms with Crippen molar-refractivity contribution in [2.45, 2.75) is 18.9 Å². The number of carbonyl (C=O) groups excluding carboxylic acids is 1. The molecule has 1 aromatic heterocycles. The van der Waals surface area contributed by atoms with Crippen LogP contribution in [0.5, 0.6) is 11.5 Å². The van der Waals surface area contributed by atoms with E-state index in [9.17, 15) is 4.79 Å². The minimum atomic E-state index is -0.243. The third-order valence-corrected chi connectivity index (χ3v) is 6.49. The quantitative estimate of drug-likeness (QED) is 0.175. The topological polar surface area (TPSA) is 133 Å². The number of nitrogens with two attached hydrogens (primary N) is 1. The van der Waals surface area contributed by atoms with Crippen molar-refractivity contribution >= 4 is 39.7 Å². The maximum Gasteiger partial charge on any atom is 0.255 e. The molecule has 1 aliphatic rings. The summed E-state index contributed by atoms with van der Waals surface area (Å²) < 4.78 is 17.2. The molecule has 5 rings (SSSR count). The van der Waals surface area contributed by atoms with Crippen LogP contribution < -0.4 is 31.2 Å². The Bertz CT molecular complexity index is 1420. The Morgan fingerprint density at radius 3 is 2.74 bits per heavy atom. The van der Waals surface area contributed by atoms with Crippen molar-refractivity contribution in [1.29, 1.82) is 0 Å². The maximum atomic E-state index is 12.7. The van der Waals surface area contributed by atoms with Gasteiger partial charge in [-0.05, 0) is 55.3 Å². The van der Waals surface area contributed by atoms with E-state index in [1.165, 1.54) is 6.33 Å². The van der Waals surface area contributed by atoms with Gasteiger partial charge in [0.1, 0.15) is 12.1 Å². The first kappa shape index (κ1) is 26.2.